The van der Waals surface area contributed by atoms with E-state index < -0.39 is 0 Å². The van der Waals surface area contributed by atoms with Gasteiger partial charge in [0.15, 0.2) is 5.58 Å². The SMILES string of the molecule is c1ccc2c(c1)ccc1cc3oncc3cc12. The van der Waals surface area contributed by atoms with Crippen LogP contribution in [0.3, 0.4) is 0 Å². The zero-order valence-electron chi connectivity index (χ0n) is 9.05. The van der Waals surface area contributed by atoms with Gasteiger partial charge in [-0.2, -0.15) is 0 Å². The van der Waals surface area contributed by atoms with Gasteiger partial charge in [-0.15, -0.1) is 0 Å². The second kappa shape index (κ2) is 3.08. The van der Waals surface area contributed by atoms with E-state index in [4.69, 9.17) is 4.52 Å². The summed E-state index contributed by atoms with van der Waals surface area (Å²) in [6.45, 7) is 0. The van der Waals surface area contributed by atoms with Gasteiger partial charge in [0.05, 0.1) is 6.20 Å². The Hall–Kier alpha value is -2.35. The summed E-state index contributed by atoms with van der Waals surface area (Å²) in [5.41, 5.74) is 0.841. The summed E-state index contributed by atoms with van der Waals surface area (Å²) in [5, 5.41) is 9.85. The van der Waals surface area contributed by atoms with Crippen molar-refractivity contribution in [1.82, 2.24) is 5.16 Å². The quantitative estimate of drug-likeness (QED) is 0.415. The highest BCUT2D eigenvalue weighted by Crippen LogP contribution is 2.29. The van der Waals surface area contributed by atoms with E-state index in [9.17, 15) is 0 Å². The van der Waals surface area contributed by atoms with Crippen molar-refractivity contribution in [3.05, 3.63) is 54.7 Å². The van der Waals surface area contributed by atoms with E-state index in [2.05, 4.69) is 47.6 Å². The Kier molecular flexibility index (Phi) is 1.59. The molecular weight excluding hydrogens is 210 g/mol. The summed E-state index contributed by atoms with van der Waals surface area (Å²) in [7, 11) is 0. The molecule has 0 spiro atoms. The number of benzene rings is 3. The molecule has 0 aliphatic rings. The van der Waals surface area contributed by atoms with E-state index in [0.29, 0.717) is 0 Å². The smallest absolute Gasteiger partial charge is 0.167 e. The zero-order valence-corrected chi connectivity index (χ0v) is 9.05. The topological polar surface area (TPSA) is 26.0 Å². The third-order valence-electron chi connectivity index (χ3n) is 3.22. The van der Waals surface area contributed by atoms with E-state index in [1.807, 2.05) is 6.07 Å². The molecule has 0 saturated heterocycles. The predicted octanol–water partition coefficient (Wildman–Crippen LogP) is 4.13. The first-order chi connectivity index (χ1) is 8.42. The van der Waals surface area contributed by atoms with Crippen molar-refractivity contribution in [2.24, 2.45) is 0 Å². The van der Waals surface area contributed by atoms with Crippen LogP contribution in [0.5, 0.6) is 0 Å². The Morgan fingerprint density at radius 1 is 0.765 bits per heavy atom. The van der Waals surface area contributed by atoms with Crippen molar-refractivity contribution in [3.63, 3.8) is 0 Å². The van der Waals surface area contributed by atoms with E-state index in [1.54, 1.807) is 6.20 Å². The molecule has 2 heteroatoms. The Labute approximate surface area is 97.4 Å². The van der Waals surface area contributed by atoms with E-state index in [-0.39, 0.29) is 0 Å². The molecule has 0 amide bonds. The van der Waals surface area contributed by atoms with Crippen molar-refractivity contribution in [3.8, 4) is 0 Å². The predicted molar refractivity (Wildman–Crippen MR) is 69.0 cm³/mol. The van der Waals surface area contributed by atoms with Gasteiger partial charge in [0.25, 0.3) is 0 Å². The van der Waals surface area contributed by atoms with Gasteiger partial charge in [-0.25, -0.2) is 0 Å². The Morgan fingerprint density at radius 3 is 2.65 bits per heavy atom. The molecule has 0 atom stereocenters. The normalized spacial score (nSPS) is 11.5. The summed E-state index contributed by atoms with van der Waals surface area (Å²) in [6, 6.07) is 16.9. The lowest BCUT2D eigenvalue weighted by Crippen LogP contribution is -1.77. The molecule has 0 saturated carbocycles. The molecule has 80 valence electrons. The summed E-state index contributed by atoms with van der Waals surface area (Å²) in [5.74, 6) is 0. The van der Waals surface area contributed by atoms with Crippen LogP contribution in [0.15, 0.2) is 59.3 Å². The van der Waals surface area contributed by atoms with Crippen LogP contribution in [-0.4, -0.2) is 5.16 Å². The maximum absolute atomic E-state index is 5.19. The second-order valence-corrected chi connectivity index (χ2v) is 4.22. The molecule has 1 heterocycles. The van der Waals surface area contributed by atoms with Crippen molar-refractivity contribution in [1.29, 1.82) is 0 Å². The number of hydrogen-bond acceptors (Lipinski definition) is 2. The third-order valence-corrected chi connectivity index (χ3v) is 3.22. The lowest BCUT2D eigenvalue weighted by Gasteiger charge is -2.03. The van der Waals surface area contributed by atoms with Crippen molar-refractivity contribution in [2.45, 2.75) is 0 Å². The number of nitrogens with zero attached hydrogens (tertiary/aromatic N) is 1. The molecule has 0 bridgehead atoms. The molecule has 1 aromatic heterocycles. The molecule has 0 aliphatic carbocycles. The van der Waals surface area contributed by atoms with Gasteiger partial charge in [0.1, 0.15) is 0 Å². The van der Waals surface area contributed by atoms with Crippen LogP contribution in [0.2, 0.25) is 0 Å². The standard InChI is InChI=1S/C15H9NO/c1-2-4-13-10(3-1)5-6-11-8-15-12(7-14(11)13)9-16-17-15/h1-9H. The molecule has 4 rings (SSSR count). The average Bonchev–Trinajstić information content (AvgIpc) is 2.83. The minimum Gasteiger partial charge on any atom is -0.356 e. The first kappa shape index (κ1) is 8.76. The molecule has 0 fully saturated rings. The molecule has 0 N–H and O–H groups in total. The van der Waals surface area contributed by atoms with E-state index >= 15 is 0 Å². The van der Waals surface area contributed by atoms with Crippen LogP contribution in [-0.2, 0) is 0 Å². The highest BCUT2D eigenvalue weighted by atomic mass is 16.5. The van der Waals surface area contributed by atoms with Gasteiger partial charge in [0, 0.05) is 5.39 Å². The maximum Gasteiger partial charge on any atom is 0.167 e. The van der Waals surface area contributed by atoms with Crippen molar-refractivity contribution >= 4 is 32.5 Å². The fourth-order valence-electron chi connectivity index (χ4n) is 2.37. The summed E-state index contributed by atoms with van der Waals surface area (Å²) >= 11 is 0. The summed E-state index contributed by atoms with van der Waals surface area (Å²) in [6.07, 6.45) is 1.76. The monoisotopic (exact) mass is 219 g/mol. The van der Waals surface area contributed by atoms with Crippen LogP contribution in [0.1, 0.15) is 0 Å². The molecule has 0 aliphatic heterocycles. The van der Waals surface area contributed by atoms with Gasteiger partial charge < -0.3 is 4.52 Å². The van der Waals surface area contributed by atoms with Crippen LogP contribution < -0.4 is 0 Å². The maximum atomic E-state index is 5.19. The number of rotatable bonds is 0. The van der Waals surface area contributed by atoms with E-state index in [1.165, 1.54) is 21.5 Å². The molecule has 4 aromatic rings. The Morgan fingerprint density at radius 2 is 1.65 bits per heavy atom. The van der Waals surface area contributed by atoms with Gasteiger partial charge in [-0.1, -0.05) is 41.6 Å². The van der Waals surface area contributed by atoms with Gasteiger partial charge >= 0.3 is 0 Å². The highest BCUT2D eigenvalue weighted by molar-refractivity contribution is 6.11. The van der Waals surface area contributed by atoms with E-state index in [0.717, 1.165) is 11.0 Å². The first-order valence-electron chi connectivity index (χ1n) is 5.58. The molecule has 2 nitrogen and oxygen atoms in total. The number of aromatic nitrogens is 1. The van der Waals surface area contributed by atoms with Crippen molar-refractivity contribution < 1.29 is 4.52 Å². The number of hydrogen-bond donors (Lipinski definition) is 0. The van der Waals surface area contributed by atoms with Crippen LogP contribution >= 0.6 is 0 Å². The molecule has 3 aromatic carbocycles. The molecular formula is C15H9NO. The van der Waals surface area contributed by atoms with Gasteiger partial charge in [-0.05, 0) is 33.7 Å². The minimum absolute atomic E-state index is 0.841. The Bertz CT molecular complexity index is 845. The highest BCUT2D eigenvalue weighted by Gasteiger charge is 2.04. The fraction of sp³-hybridized carbons (Fsp3) is 0. The molecule has 0 unspecified atom stereocenters. The summed E-state index contributed by atoms with van der Waals surface area (Å²) in [4.78, 5) is 0. The molecule has 0 radical (unpaired) electrons. The van der Waals surface area contributed by atoms with Gasteiger partial charge in [0.2, 0.25) is 0 Å². The zero-order chi connectivity index (χ0) is 11.2. The lowest BCUT2D eigenvalue weighted by molar-refractivity contribution is 0.456. The largest absolute Gasteiger partial charge is 0.356 e. The van der Waals surface area contributed by atoms with Gasteiger partial charge in [-0.3, -0.25) is 0 Å². The second-order valence-electron chi connectivity index (χ2n) is 4.22. The van der Waals surface area contributed by atoms with Crippen LogP contribution in [0.4, 0.5) is 0 Å². The fourth-order valence-corrected chi connectivity index (χ4v) is 2.37. The summed E-state index contributed by atoms with van der Waals surface area (Å²) < 4.78 is 5.19. The van der Waals surface area contributed by atoms with Crippen LogP contribution in [0, 0.1) is 0 Å². The van der Waals surface area contributed by atoms with Crippen LogP contribution in [0.25, 0.3) is 32.5 Å². The average molecular weight is 219 g/mol. The molecule has 17 heavy (non-hydrogen) atoms. The Balaban J connectivity index is 2.30. The lowest BCUT2D eigenvalue weighted by atomic mass is 10.0. The minimum atomic E-state index is 0.841. The van der Waals surface area contributed by atoms with Crippen molar-refractivity contribution in [2.75, 3.05) is 0 Å². The first-order valence-corrected chi connectivity index (χ1v) is 5.58. The third kappa shape index (κ3) is 1.18. The number of fused-ring (bicyclic) bond motifs is 4.